The Morgan fingerprint density at radius 1 is 1.06 bits per heavy atom. The molecule has 0 saturated heterocycles. The molecule has 3 rings (SSSR count). The van der Waals surface area contributed by atoms with Crippen molar-refractivity contribution in [3.8, 4) is 0 Å². The third kappa shape index (κ3) is 5.78. The number of carbonyl (C=O) groups is 1. The van der Waals surface area contributed by atoms with Crippen LogP contribution in [0.3, 0.4) is 0 Å². The van der Waals surface area contributed by atoms with Crippen molar-refractivity contribution >= 4 is 14.8 Å². The summed E-state index contributed by atoms with van der Waals surface area (Å²) in [7, 11) is -3.24. The highest BCUT2D eigenvalue weighted by molar-refractivity contribution is 6.86. The van der Waals surface area contributed by atoms with Crippen LogP contribution in [0.4, 0.5) is 0 Å². The molecule has 0 N–H and O–H groups in total. The number of hydrogen-bond acceptors (Lipinski definition) is 6. The number of nitrogens with zero attached hydrogens (tertiary/aromatic N) is 9. The van der Waals surface area contributed by atoms with E-state index in [4.69, 9.17) is 9.16 Å². The average molecular weight is 512 g/mol. The first-order valence-corrected chi connectivity index (χ1v) is 14.4. The summed E-state index contributed by atoms with van der Waals surface area (Å²) in [4.78, 5) is 20.2. The van der Waals surface area contributed by atoms with Gasteiger partial charge in [-0.3, -0.25) is 4.79 Å². The van der Waals surface area contributed by atoms with Crippen molar-refractivity contribution < 1.29 is 14.0 Å². The largest absolute Gasteiger partial charge is 0.460 e. The molecule has 0 aromatic carbocycles. The van der Waals surface area contributed by atoms with Crippen molar-refractivity contribution in [2.45, 2.75) is 80.6 Å². The third-order valence-electron chi connectivity index (χ3n) is 7.70. The summed E-state index contributed by atoms with van der Waals surface area (Å²) in [5.41, 5.74) is 28.9. The highest BCUT2D eigenvalue weighted by Gasteiger charge is 2.61. The van der Waals surface area contributed by atoms with Gasteiger partial charge in [0.15, 0.2) is 0 Å². The Bertz CT molecular complexity index is 972. The van der Waals surface area contributed by atoms with Gasteiger partial charge in [-0.1, -0.05) is 72.3 Å². The molecule has 192 valence electrons. The minimum Gasteiger partial charge on any atom is -0.460 e. The lowest BCUT2D eigenvalue weighted by Gasteiger charge is -2.54. The molecule has 0 radical (unpaired) electrons. The SMILES string of the molecule is C=C1C[C@@H](O[Si](C2=CCCC=C2)(C2CCCCC2)C(CN=[N+]=[N-])(CN=[N+]=[N-])CN=[N+]=[N-])C[C@H]1OC=O. The monoisotopic (exact) mass is 511 g/mol. The molecule has 36 heavy (non-hydrogen) atoms. The predicted octanol–water partition coefficient (Wildman–Crippen LogP) is 7.03. The molecular weight excluding hydrogens is 478 g/mol. The van der Waals surface area contributed by atoms with Gasteiger partial charge in [-0.05, 0) is 52.2 Å². The predicted molar refractivity (Wildman–Crippen MR) is 138 cm³/mol. The molecule has 0 amide bonds. The topological polar surface area (TPSA) is 182 Å². The van der Waals surface area contributed by atoms with Gasteiger partial charge < -0.3 is 9.16 Å². The molecule has 2 fully saturated rings. The van der Waals surface area contributed by atoms with Gasteiger partial charge in [0.1, 0.15) is 6.10 Å². The molecule has 0 heterocycles. The summed E-state index contributed by atoms with van der Waals surface area (Å²) in [6.45, 7) is 4.48. The summed E-state index contributed by atoms with van der Waals surface area (Å²) < 4.78 is 12.6. The Morgan fingerprint density at radius 3 is 2.22 bits per heavy atom. The molecule has 3 atom stereocenters. The number of azide groups is 3. The maximum atomic E-state index is 11.1. The molecule has 12 nitrogen and oxygen atoms in total. The van der Waals surface area contributed by atoms with Crippen molar-refractivity contribution in [1.29, 1.82) is 0 Å². The van der Waals surface area contributed by atoms with Crippen molar-refractivity contribution in [3.05, 3.63) is 66.9 Å². The van der Waals surface area contributed by atoms with Gasteiger partial charge in [-0.15, -0.1) is 0 Å². The van der Waals surface area contributed by atoms with E-state index in [0.717, 1.165) is 55.7 Å². The average Bonchev–Trinajstić information content (AvgIpc) is 3.26. The maximum Gasteiger partial charge on any atom is 0.293 e. The number of hydrogen-bond donors (Lipinski definition) is 0. The van der Waals surface area contributed by atoms with Crippen molar-refractivity contribution in [3.63, 3.8) is 0 Å². The summed E-state index contributed by atoms with van der Waals surface area (Å²) in [6.07, 6.45) is 13.5. The number of rotatable bonds is 13. The Kier molecular flexibility index (Phi) is 10.0. The zero-order chi connectivity index (χ0) is 25.9. The van der Waals surface area contributed by atoms with Gasteiger partial charge in [0, 0.05) is 45.8 Å². The van der Waals surface area contributed by atoms with Crippen LogP contribution in [0.25, 0.3) is 31.3 Å². The molecular formula is C23H33N9O3Si. The second-order valence-electron chi connectivity index (χ2n) is 9.72. The lowest BCUT2D eigenvalue weighted by Crippen LogP contribution is -2.61. The van der Waals surface area contributed by atoms with Gasteiger partial charge in [0.2, 0.25) is 8.32 Å². The molecule has 3 aliphatic rings. The van der Waals surface area contributed by atoms with Crippen molar-refractivity contribution in [2.75, 3.05) is 19.6 Å². The van der Waals surface area contributed by atoms with E-state index in [9.17, 15) is 21.4 Å². The lowest BCUT2D eigenvalue weighted by atomic mass is 10.00. The van der Waals surface area contributed by atoms with Crippen molar-refractivity contribution in [1.82, 2.24) is 0 Å². The van der Waals surface area contributed by atoms with Crippen LogP contribution in [-0.4, -0.2) is 46.6 Å². The highest BCUT2D eigenvalue weighted by atomic mass is 28.4. The zero-order valence-corrected chi connectivity index (χ0v) is 21.5. The van der Waals surface area contributed by atoms with E-state index in [2.05, 4.69) is 54.9 Å². The van der Waals surface area contributed by atoms with Crippen LogP contribution in [0.5, 0.6) is 0 Å². The minimum absolute atomic E-state index is 0.0165. The molecule has 0 spiro atoms. The molecule has 0 aliphatic heterocycles. The van der Waals surface area contributed by atoms with Gasteiger partial charge in [0.05, 0.1) is 6.10 Å². The van der Waals surface area contributed by atoms with Crippen LogP contribution in [-0.2, 0) is 14.0 Å². The fraction of sp³-hybridized carbons (Fsp3) is 0.696. The Morgan fingerprint density at radius 2 is 1.69 bits per heavy atom. The third-order valence-corrected chi connectivity index (χ3v) is 13.4. The first kappa shape index (κ1) is 27.4. The number of ether oxygens (including phenoxy) is 1. The minimum atomic E-state index is -3.24. The van der Waals surface area contributed by atoms with E-state index in [1.54, 1.807) is 0 Å². The molecule has 0 aromatic rings. The fourth-order valence-electron chi connectivity index (χ4n) is 6.15. The summed E-state index contributed by atoms with van der Waals surface area (Å²) in [5, 5.41) is 12.0. The maximum absolute atomic E-state index is 11.1. The quantitative estimate of drug-likeness (QED) is 0.0643. The van der Waals surface area contributed by atoms with Gasteiger partial charge >= 0.3 is 0 Å². The van der Waals surface area contributed by atoms with E-state index >= 15 is 0 Å². The van der Waals surface area contributed by atoms with E-state index in [1.165, 1.54) is 0 Å². The van der Waals surface area contributed by atoms with Crippen LogP contribution in [0.1, 0.15) is 57.8 Å². The van der Waals surface area contributed by atoms with Crippen molar-refractivity contribution in [2.24, 2.45) is 15.3 Å². The van der Waals surface area contributed by atoms with E-state index in [1.807, 2.05) is 0 Å². The smallest absolute Gasteiger partial charge is 0.293 e. The van der Waals surface area contributed by atoms with Crippen LogP contribution in [0.2, 0.25) is 10.6 Å². The molecule has 3 aliphatic carbocycles. The Labute approximate surface area is 211 Å². The number of allylic oxidation sites excluding steroid dienone is 4. The van der Waals surface area contributed by atoms with Crippen LogP contribution >= 0.6 is 0 Å². The van der Waals surface area contributed by atoms with Gasteiger partial charge in [-0.25, -0.2) is 0 Å². The van der Waals surface area contributed by atoms with Gasteiger partial charge in [-0.2, -0.15) is 0 Å². The highest BCUT2D eigenvalue weighted by Crippen LogP contribution is 2.57. The number of carbonyl (C=O) groups excluding carboxylic acids is 1. The zero-order valence-electron chi connectivity index (χ0n) is 20.5. The second kappa shape index (κ2) is 13.2. The van der Waals surface area contributed by atoms with Crippen LogP contribution in [0.15, 0.2) is 50.9 Å². The molecule has 13 heteroatoms. The lowest BCUT2D eigenvalue weighted by molar-refractivity contribution is -0.132. The van der Waals surface area contributed by atoms with Crippen LogP contribution < -0.4 is 0 Å². The molecule has 1 unspecified atom stereocenters. The van der Waals surface area contributed by atoms with E-state index in [-0.39, 0.29) is 31.3 Å². The van der Waals surface area contributed by atoms with Gasteiger partial charge in [0.25, 0.3) is 6.47 Å². The normalized spacial score (nSPS) is 25.2. The van der Waals surface area contributed by atoms with E-state index < -0.39 is 19.5 Å². The summed E-state index contributed by atoms with van der Waals surface area (Å²) in [6, 6.07) is 0. The Balaban J connectivity index is 2.25. The Hall–Kier alpha value is -3.20. The van der Waals surface area contributed by atoms with E-state index in [0.29, 0.717) is 19.3 Å². The summed E-state index contributed by atoms with van der Waals surface area (Å²) >= 11 is 0. The fourth-order valence-corrected chi connectivity index (χ4v) is 12.3. The molecule has 2 saturated carbocycles. The molecule has 0 bridgehead atoms. The van der Waals surface area contributed by atoms with Crippen LogP contribution in [0, 0.1) is 0 Å². The molecule has 0 aromatic heterocycles. The second-order valence-corrected chi connectivity index (χ2v) is 13.9. The first-order valence-electron chi connectivity index (χ1n) is 12.4. The summed E-state index contributed by atoms with van der Waals surface area (Å²) in [5.74, 6) is 0. The first-order chi connectivity index (χ1) is 17.6. The standard InChI is InChI=1S/C23H33N9O3Si/c1-18-12-19(13-22(18)34-17-33)35-36(20-8-4-2-5-9-20,21-10-6-3-7-11-21)23(14-27-30-24,15-28-31-25)16-29-32-26/h4,8-9,17,19,21-22H,1-3,5-7,10-16H2/t19-,22-,36?/m1/s1.